The molecule has 1 saturated heterocycles. The van der Waals surface area contributed by atoms with Crippen molar-refractivity contribution in [3.8, 4) is 0 Å². The number of halogens is 1. The summed E-state index contributed by atoms with van der Waals surface area (Å²) in [4.78, 5) is 20.6. The van der Waals surface area contributed by atoms with E-state index >= 15 is 0 Å². The number of amides is 1. The number of hydrogen-bond donors (Lipinski definition) is 3. The molecule has 3 rings (SSSR count). The summed E-state index contributed by atoms with van der Waals surface area (Å²) in [6.45, 7) is 5.09. The maximum Gasteiger partial charge on any atom is 0.238 e. The molecule has 32 heavy (non-hydrogen) atoms. The van der Waals surface area contributed by atoms with Gasteiger partial charge in [-0.25, -0.2) is 0 Å². The van der Waals surface area contributed by atoms with Gasteiger partial charge >= 0.3 is 0 Å². The fourth-order valence-electron chi connectivity index (χ4n) is 3.69. The molecule has 2 aromatic carbocycles. The van der Waals surface area contributed by atoms with E-state index in [-0.39, 0.29) is 29.9 Å². The minimum absolute atomic E-state index is 0. The van der Waals surface area contributed by atoms with Gasteiger partial charge in [-0.2, -0.15) is 0 Å². The molecule has 0 aromatic heterocycles. The first-order valence-corrected chi connectivity index (χ1v) is 10.8. The number of carbonyl (C=O) groups excluding carboxylic acids is 1. The summed E-state index contributed by atoms with van der Waals surface area (Å²) in [7, 11) is 5.55. The Bertz CT molecular complexity index is 900. The summed E-state index contributed by atoms with van der Waals surface area (Å²) in [5.74, 6) is 0.768. The summed E-state index contributed by atoms with van der Waals surface area (Å²) in [6, 6.07) is 16.9. The van der Waals surface area contributed by atoms with Crippen LogP contribution in [-0.4, -0.2) is 63.6 Å². The summed E-state index contributed by atoms with van der Waals surface area (Å²) in [5, 5.41) is 9.86. The molecule has 7 nitrogen and oxygen atoms in total. The van der Waals surface area contributed by atoms with Crippen LogP contribution in [0.1, 0.15) is 17.5 Å². The topological polar surface area (TPSA) is 72.0 Å². The van der Waals surface area contributed by atoms with Crippen molar-refractivity contribution < 1.29 is 4.79 Å². The van der Waals surface area contributed by atoms with E-state index in [1.165, 1.54) is 11.3 Å². The van der Waals surface area contributed by atoms with Gasteiger partial charge in [0.1, 0.15) is 0 Å². The molecule has 1 amide bonds. The van der Waals surface area contributed by atoms with Gasteiger partial charge in [-0.15, -0.1) is 24.0 Å². The van der Waals surface area contributed by atoms with Crippen LogP contribution in [0.2, 0.25) is 0 Å². The second kappa shape index (κ2) is 12.6. The standard InChI is InChI=1S/C24H34N6O.HI/c1-18-8-10-22(11-9-18)30-13-12-21(16-30)28-24(25-2)26-15-19-6-5-7-20(14-19)27-23(31)17-29(3)4;/h5-11,14,21H,12-13,15-17H2,1-4H3,(H,27,31)(H2,25,26,28);1H. The van der Waals surface area contributed by atoms with E-state index < -0.39 is 0 Å². The summed E-state index contributed by atoms with van der Waals surface area (Å²) >= 11 is 0. The molecule has 1 heterocycles. The number of aliphatic imine (C=N–C) groups is 1. The Balaban J connectivity index is 0.00000363. The van der Waals surface area contributed by atoms with E-state index in [2.05, 4.69) is 57.0 Å². The highest BCUT2D eigenvalue weighted by Gasteiger charge is 2.23. The van der Waals surface area contributed by atoms with E-state index in [1.54, 1.807) is 7.05 Å². The third kappa shape index (κ3) is 7.98. The highest BCUT2D eigenvalue weighted by atomic mass is 127. The van der Waals surface area contributed by atoms with Crippen LogP contribution in [0.15, 0.2) is 53.5 Å². The zero-order chi connectivity index (χ0) is 22.2. The number of benzene rings is 2. The van der Waals surface area contributed by atoms with Crippen molar-refractivity contribution >= 4 is 47.2 Å². The van der Waals surface area contributed by atoms with Gasteiger partial charge in [-0.3, -0.25) is 9.79 Å². The smallest absolute Gasteiger partial charge is 0.238 e. The molecular formula is C24H35IN6O. The summed E-state index contributed by atoms with van der Waals surface area (Å²) in [6.07, 6.45) is 1.07. The number of rotatable bonds is 7. The van der Waals surface area contributed by atoms with Crippen molar-refractivity contribution in [2.75, 3.05) is 51.0 Å². The molecular weight excluding hydrogens is 515 g/mol. The van der Waals surface area contributed by atoms with Gasteiger partial charge in [0.2, 0.25) is 5.91 Å². The van der Waals surface area contributed by atoms with Gasteiger partial charge in [0, 0.05) is 44.1 Å². The van der Waals surface area contributed by atoms with E-state index in [1.807, 2.05) is 43.3 Å². The summed E-state index contributed by atoms with van der Waals surface area (Å²) < 4.78 is 0. The molecule has 3 N–H and O–H groups in total. The number of carbonyl (C=O) groups is 1. The SMILES string of the molecule is CN=C(NCc1cccc(NC(=O)CN(C)C)c1)NC1CCN(c2ccc(C)cc2)C1.I. The molecule has 8 heteroatoms. The van der Waals surface area contributed by atoms with Gasteiger partial charge < -0.3 is 25.8 Å². The lowest BCUT2D eigenvalue weighted by Gasteiger charge is -2.20. The molecule has 0 aliphatic carbocycles. The number of nitrogens with one attached hydrogen (secondary N) is 3. The molecule has 1 unspecified atom stereocenters. The lowest BCUT2D eigenvalue weighted by Crippen LogP contribution is -2.44. The van der Waals surface area contributed by atoms with Crippen LogP contribution in [0.3, 0.4) is 0 Å². The van der Waals surface area contributed by atoms with Crippen molar-refractivity contribution in [2.45, 2.75) is 25.9 Å². The molecule has 0 bridgehead atoms. The molecule has 1 fully saturated rings. The Kier molecular flexibility index (Phi) is 10.2. The fourth-order valence-corrected chi connectivity index (χ4v) is 3.69. The average Bonchev–Trinajstić information content (AvgIpc) is 3.19. The van der Waals surface area contributed by atoms with E-state index in [4.69, 9.17) is 0 Å². The molecule has 174 valence electrons. The van der Waals surface area contributed by atoms with E-state index in [0.29, 0.717) is 19.1 Å². The van der Waals surface area contributed by atoms with Crippen LogP contribution in [-0.2, 0) is 11.3 Å². The number of guanidine groups is 1. The van der Waals surface area contributed by atoms with Gasteiger partial charge in [0.25, 0.3) is 0 Å². The molecule has 1 atom stereocenters. The molecule has 1 aliphatic rings. The van der Waals surface area contributed by atoms with Crippen LogP contribution in [0, 0.1) is 6.92 Å². The first-order valence-electron chi connectivity index (χ1n) is 10.8. The Labute approximate surface area is 208 Å². The van der Waals surface area contributed by atoms with Crippen LogP contribution < -0.4 is 20.9 Å². The Morgan fingerprint density at radius 2 is 1.94 bits per heavy atom. The van der Waals surface area contributed by atoms with Crippen molar-refractivity contribution in [3.05, 3.63) is 59.7 Å². The minimum Gasteiger partial charge on any atom is -0.369 e. The van der Waals surface area contributed by atoms with Crippen molar-refractivity contribution in [1.82, 2.24) is 15.5 Å². The quantitative estimate of drug-likeness (QED) is 0.281. The average molecular weight is 550 g/mol. The highest BCUT2D eigenvalue weighted by Crippen LogP contribution is 2.20. The second-order valence-corrected chi connectivity index (χ2v) is 8.32. The fraction of sp³-hybridized carbons (Fsp3) is 0.417. The maximum absolute atomic E-state index is 12.0. The zero-order valence-electron chi connectivity index (χ0n) is 19.4. The van der Waals surface area contributed by atoms with Gasteiger partial charge in [-0.05, 0) is 57.3 Å². The monoisotopic (exact) mass is 550 g/mol. The number of nitrogens with zero attached hydrogens (tertiary/aromatic N) is 3. The van der Waals surface area contributed by atoms with Crippen LogP contribution >= 0.6 is 24.0 Å². The lowest BCUT2D eigenvalue weighted by atomic mass is 10.2. The molecule has 1 aliphatic heterocycles. The van der Waals surface area contributed by atoms with Crippen molar-refractivity contribution in [3.63, 3.8) is 0 Å². The summed E-state index contributed by atoms with van der Waals surface area (Å²) in [5.41, 5.74) is 4.44. The molecule has 0 radical (unpaired) electrons. The maximum atomic E-state index is 12.0. The normalized spacial score (nSPS) is 16.0. The predicted octanol–water partition coefficient (Wildman–Crippen LogP) is 3.06. The number of anilines is 2. The molecule has 0 saturated carbocycles. The number of aryl methyl sites for hydroxylation is 1. The van der Waals surface area contributed by atoms with E-state index in [9.17, 15) is 4.79 Å². The number of hydrogen-bond acceptors (Lipinski definition) is 4. The van der Waals surface area contributed by atoms with Gasteiger partial charge in [-0.1, -0.05) is 29.8 Å². The Morgan fingerprint density at radius 1 is 1.19 bits per heavy atom. The lowest BCUT2D eigenvalue weighted by molar-refractivity contribution is -0.116. The van der Waals surface area contributed by atoms with Crippen LogP contribution in [0.4, 0.5) is 11.4 Å². The third-order valence-corrected chi connectivity index (χ3v) is 5.28. The van der Waals surface area contributed by atoms with Crippen LogP contribution in [0.25, 0.3) is 0 Å². The third-order valence-electron chi connectivity index (χ3n) is 5.28. The molecule has 0 spiro atoms. The first kappa shape index (κ1) is 25.9. The van der Waals surface area contributed by atoms with Crippen molar-refractivity contribution in [1.29, 1.82) is 0 Å². The minimum atomic E-state index is -0.0213. The van der Waals surface area contributed by atoms with Crippen LogP contribution in [0.5, 0.6) is 0 Å². The molecule has 2 aromatic rings. The highest BCUT2D eigenvalue weighted by molar-refractivity contribution is 14.0. The van der Waals surface area contributed by atoms with Gasteiger partial charge in [0.05, 0.1) is 6.54 Å². The van der Waals surface area contributed by atoms with Gasteiger partial charge in [0.15, 0.2) is 5.96 Å². The van der Waals surface area contributed by atoms with Crippen molar-refractivity contribution in [2.24, 2.45) is 4.99 Å². The second-order valence-electron chi connectivity index (χ2n) is 8.32. The largest absolute Gasteiger partial charge is 0.369 e. The first-order chi connectivity index (χ1) is 14.9. The van der Waals surface area contributed by atoms with E-state index in [0.717, 1.165) is 36.7 Å². The Hall–Kier alpha value is -2.33. The zero-order valence-corrected chi connectivity index (χ0v) is 21.7. The number of likely N-dealkylation sites (N-methyl/N-ethyl adjacent to an activating group) is 1. The predicted molar refractivity (Wildman–Crippen MR) is 144 cm³/mol. The Morgan fingerprint density at radius 3 is 2.62 bits per heavy atom.